The first-order valence-corrected chi connectivity index (χ1v) is 14.2. The zero-order chi connectivity index (χ0) is 24.5. The number of esters is 1. The van der Waals surface area contributed by atoms with Gasteiger partial charge in [0.1, 0.15) is 0 Å². The van der Waals surface area contributed by atoms with Gasteiger partial charge in [-0.2, -0.15) is 0 Å². The predicted molar refractivity (Wildman–Crippen MR) is 135 cm³/mol. The Kier molecular flexibility index (Phi) is 4.66. The number of fused-ring (bicyclic) bond motifs is 8. The van der Waals surface area contributed by atoms with Crippen molar-refractivity contribution in [3.63, 3.8) is 0 Å². The van der Waals surface area contributed by atoms with Crippen LogP contribution in [-0.2, 0) is 14.3 Å². The molecule has 1 saturated heterocycles. The van der Waals surface area contributed by atoms with Crippen molar-refractivity contribution in [3.8, 4) is 0 Å². The molecule has 6 rings (SSSR count). The van der Waals surface area contributed by atoms with Crippen LogP contribution in [0.15, 0.2) is 11.6 Å². The van der Waals surface area contributed by atoms with Crippen molar-refractivity contribution in [3.05, 3.63) is 11.6 Å². The van der Waals surface area contributed by atoms with E-state index in [4.69, 9.17) is 9.47 Å². The minimum absolute atomic E-state index is 0.0600. The Morgan fingerprint density at radius 2 is 1.65 bits per heavy atom. The van der Waals surface area contributed by atoms with Crippen LogP contribution in [-0.4, -0.2) is 25.3 Å². The molecule has 1 heterocycles. The molecule has 9 atom stereocenters. The highest BCUT2D eigenvalue weighted by Crippen LogP contribution is 2.77. The second-order valence-electron chi connectivity index (χ2n) is 15.5. The molecular formula is C31H48O3. The molecule has 0 N–H and O–H groups in total. The Morgan fingerprint density at radius 1 is 0.941 bits per heavy atom. The van der Waals surface area contributed by atoms with Crippen LogP contribution >= 0.6 is 0 Å². The van der Waals surface area contributed by atoms with Crippen LogP contribution in [0.4, 0.5) is 0 Å². The van der Waals surface area contributed by atoms with E-state index in [0.717, 1.165) is 38.0 Å². The van der Waals surface area contributed by atoms with E-state index >= 15 is 0 Å². The maximum absolute atomic E-state index is 13.4. The second-order valence-corrected chi connectivity index (χ2v) is 15.5. The molecule has 1 aliphatic heterocycles. The molecular weight excluding hydrogens is 420 g/mol. The summed E-state index contributed by atoms with van der Waals surface area (Å²) in [6.07, 6.45) is 14.0. The van der Waals surface area contributed by atoms with Crippen LogP contribution in [0.5, 0.6) is 0 Å². The van der Waals surface area contributed by atoms with E-state index < -0.39 is 0 Å². The fraction of sp³-hybridized carbons (Fsp3) is 0.903. The topological polar surface area (TPSA) is 38.8 Å². The molecule has 0 amide bonds. The van der Waals surface area contributed by atoms with Crippen molar-refractivity contribution in [2.45, 2.75) is 118 Å². The first-order chi connectivity index (χ1) is 15.8. The van der Waals surface area contributed by atoms with Gasteiger partial charge in [0.25, 0.3) is 0 Å². The average Bonchev–Trinajstić information content (AvgIpc) is 3.53. The highest BCUT2D eigenvalue weighted by molar-refractivity contribution is 5.78. The Balaban J connectivity index is 1.44. The van der Waals surface area contributed by atoms with Crippen molar-refractivity contribution in [1.29, 1.82) is 0 Å². The Labute approximate surface area is 207 Å². The summed E-state index contributed by atoms with van der Waals surface area (Å²) in [5.74, 6) is 1.83. The molecule has 5 aliphatic carbocycles. The van der Waals surface area contributed by atoms with Gasteiger partial charge in [-0.15, -0.1) is 0 Å². The molecule has 0 spiro atoms. The van der Waals surface area contributed by atoms with Gasteiger partial charge in [-0.25, -0.2) is 0 Å². The van der Waals surface area contributed by atoms with E-state index in [1.165, 1.54) is 25.7 Å². The van der Waals surface area contributed by atoms with Gasteiger partial charge in [-0.3, -0.25) is 4.79 Å². The molecule has 34 heavy (non-hydrogen) atoms. The number of carbonyl (C=O) groups excluding carboxylic acids is 1. The fourth-order valence-electron chi connectivity index (χ4n) is 11.3. The highest BCUT2D eigenvalue weighted by Gasteiger charge is 2.72. The van der Waals surface area contributed by atoms with Gasteiger partial charge >= 0.3 is 5.97 Å². The quantitative estimate of drug-likeness (QED) is 0.230. The third-order valence-corrected chi connectivity index (χ3v) is 13.3. The normalized spacial score (nSPS) is 54.2. The van der Waals surface area contributed by atoms with Crippen molar-refractivity contribution in [1.82, 2.24) is 0 Å². The summed E-state index contributed by atoms with van der Waals surface area (Å²) < 4.78 is 11.8. The van der Waals surface area contributed by atoms with E-state index in [-0.39, 0.29) is 33.0 Å². The number of rotatable bonds is 1. The molecule has 3 heteroatoms. The number of carbonyl (C=O) groups is 1. The molecule has 0 aromatic heterocycles. The predicted octanol–water partition coefficient (Wildman–Crippen LogP) is 7.34. The highest BCUT2D eigenvalue weighted by atomic mass is 16.6. The van der Waals surface area contributed by atoms with Gasteiger partial charge in [-0.05, 0) is 103 Å². The molecule has 190 valence electrons. The zero-order valence-electron chi connectivity index (χ0n) is 23.1. The number of ether oxygens (including phenoxy) is 2. The van der Waals surface area contributed by atoms with E-state index in [1.54, 1.807) is 12.7 Å². The standard InChI is InChI=1S/C31H48O3/c1-26(2)13-15-31(25(32)33-8)16-14-29(6)19(20(31)17-26)9-10-23-28(5)18-21-24(34-21)27(3,4)22(28)11-12-30(23,29)7/h9,20-24H,10-18H2,1-8H3/t20-,21-,22-,23+,24-,28-,29+,30+,31-/m0/s1. The molecule has 0 bridgehead atoms. The van der Waals surface area contributed by atoms with Gasteiger partial charge in [0, 0.05) is 0 Å². The molecule has 0 radical (unpaired) electrons. The smallest absolute Gasteiger partial charge is 0.312 e. The number of hydrogen-bond donors (Lipinski definition) is 0. The summed E-state index contributed by atoms with van der Waals surface area (Å²) in [6.45, 7) is 17.7. The summed E-state index contributed by atoms with van der Waals surface area (Å²) in [7, 11) is 1.61. The SMILES string of the molecule is COC(=O)[C@]12CCC(C)(C)C[C@H]1C1=CC[C@@H]3[C@@]4(C)C[C@@H]5O[C@@H]5C(C)(C)[C@@H]4CC[C@@]3(C)[C@]1(C)CC2. The van der Waals surface area contributed by atoms with Crippen molar-refractivity contribution >= 4 is 5.97 Å². The van der Waals surface area contributed by atoms with Gasteiger partial charge in [-0.1, -0.05) is 60.1 Å². The minimum atomic E-state index is -0.304. The molecule has 0 aromatic carbocycles. The Hall–Kier alpha value is -0.830. The van der Waals surface area contributed by atoms with Crippen molar-refractivity contribution in [2.75, 3.05) is 7.11 Å². The van der Waals surface area contributed by atoms with Gasteiger partial charge in [0.2, 0.25) is 0 Å². The van der Waals surface area contributed by atoms with Crippen LogP contribution in [0.1, 0.15) is 106 Å². The average molecular weight is 469 g/mol. The summed E-state index contributed by atoms with van der Waals surface area (Å²) in [6, 6.07) is 0. The Bertz CT molecular complexity index is 946. The molecule has 6 aliphatic rings. The van der Waals surface area contributed by atoms with E-state index in [2.05, 4.69) is 54.5 Å². The van der Waals surface area contributed by atoms with Gasteiger partial charge < -0.3 is 9.47 Å². The van der Waals surface area contributed by atoms with Gasteiger partial charge in [0.15, 0.2) is 0 Å². The third-order valence-electron chi connectivity index (χ3n) is 13.3. The number of methoxy groups -OCH3 is 1. The summed E-state index contributed by atoms with van der Waals surface area (Å²) in [5.41, 5.74) is 2.69. The molecule has 0 aromatic rings. The van der Waals surface area contributed by atoms with Crippen LogP contribution in [0.3, 0.4) is 0 Å². The van der Waals surface area contributed by atoms with Crippen molar-refractivity contribution in [2.24, 2.45) is 50.2 Å². The zero-order valence-corrected chi connectivity index (χ0v) is 23.1. The maximum Gasteiger partial charge on any atom is 0.312 e. The lowest BCUT2D eigenvalue weighted by Crippen LogP contribution is -2.64. The summed E-state index contributed by atoms with van der Waals surface area (Å²) in [4.78, 5) is 13.4. The maximum atomic E-state index is 13.4. The van der Waals surface area contributed by atoms with Crippen LogP contribution in [0.25, 0.3) is 0 Å². The minimum Gasteiger partial charge on any atom is -0.469 e. The first-order valence-electron chi connectivity index (χ1n) is 14.2. The number of hydrogen-bond acceptors (Lipinski definition) is 3. The largest absolute Gasteiger partial charge is 0.469 e. The van der Waals surface area contributed by atoms with Gasteiger partial charge in [0.05, 0.1) is 24.7 Å². The van der Waals surface area contributed by atoms with E-state index in [1.807, 2.05) is 0 Å². The molecule has 0 unspecified atom stereocenters. The monoisotopic (exact) mass is 468 g/mol. The molecule has 5 fully saturated rings. The van der Waals surface area contributed by atoms with Crippen LogP contribution in [0.2, 0.25) is 0 Å². The number of epoxide rings is 1. The third kappa shape index (κ3) is 2.67. The Morgan fingerprint density at radius 3 is 2.35 bits per heavy atom. The van der Waals surface area contributed by atoms with Crippen LogP contribution < -0.4 is 0 Å². The number of allylic oxidation sites excluding steroid dienone is 2. The molecule has 3 nitrogen and oxygen atoms in total. The lowest BCUT2D eigenvalue weighted by molar-refractivity contribution is -0.185. The second kappa shape index (κ2) is 6.73. The lowest BCUT2D eigenvalue weighted by atomic mass is 9.33. The molecule has 4 saturated carbocycles. The van der Waals surface area contributed by atoms with E-state index in [0.29, 0.717) is 29.5 Å². The van der Waals surface area contributed by atoms with Crippen molar-refractivity contribution < 1.29 is 14.3 Å². The van der Waals surface area contributed by atoms with Crippen LogP contribution in [0, 0.1) is 50.2 Å². The summed E-state index contributed by atoms with van der Waals surface area (Å²) in [5, 5.41) is 0. The summed E-state index contributed by atoms with van der Waals surface area (Å²) >= 11 is 0. The lowest BCUT2D eigenvalue weighted by Gasteiger charge is -2.70. The fourth-order valence-corrected chi connectivity index (χ4v) is 11.3. The first kappa shape index (κ1) is 23.6. The van der Waals surface area contributed by atoms with E-state index in [9.17, 15) is 4.79 Å².